The van der Waals surface area contributed by atoms with Crippen LogP contribution in [0.2, 0.25) is 0 Å². The first-order valence-corrected chi connectivity index (χ1v) is 5.38. The zero-order valence-electron chi connectivity index (χ0n) is 8.23. The maximum absolute atomic E-state index is 5.30. The number of aromatic nitrogens is 2. The van der Waals surface area contributed by atoms with E-state index in [0.29, 0.717) is 13.2 Å². The predicted octanol–water partition coefficient (Wildman–Crippen LogP) is 1.00. The molecule has 1 aromatic rings. The minimum Gasteiger partial charge on any atom is -0.382 e. The van der Waals surface area contributed by atoms with Crippen LogP contribution in [0.4, 0.5) is 5.13 Å². The van der Waals surface area contributed by atoms with Gasteiger partial charge in [0.25, 0.3) is 0 Å². The zero-order valence-corrected chi connectivity index (χ0v) is 9.05. The molecule has 0 amide bonds. The summed E-state index contributed by atoms with van der Waals surface area (Å²) in [6.07, 6.45) is 0.962. The van der Waals surface area contributed by atoms with Crippen LogP contribution < -0.4 is 5.32 Å². The molecule has 0 fully saturated rings. The standard InChI is InChI=1S/C8H15N3O2S/c1-12-5-6-13-4-2-3-9-8-11-10-7-14-8/h7H,2-6H2,1H3,(H,9,11). The second-order valence-corrected chi connectivity index (χ2v) is 3.46. The summed E-state index contributed by atoms with van der Waals surface area (Å²) in [5.74, 6) is 0. The van der Waals surface area contributed by atoms with E-state index in [9.17, 15) is 0 Å². The molecule has 0 unspecified atom stereocenters. The topological polar surface area (TPSA) is 56.3 Å². The molecular weight excluding hydrogens is 202 g/mol. The molecule has 0 aliphatic heterocycles. The van der Waals surface area contributed by atoms with Crippen molar-refractivity contribution < 1.29 is 9.47 Å². The summed E-state index contributed by atoms with van der Waals surface area (Å²) < 4.78 is 10.1. The average Bonchev–Trinajstić information content (AvgIpc) is 2.69. The van der Waals surface area contributed by atoms with Gasteiger partial charge in [0, 0.05) is 20.3 Å². The Morgan fingerprint density at radius 3 is 3.07 bits per heavy atom. The molecule has 1 N–H and O–H groups in total. The van der Waals surface area contributed by atoms with Gasteiger partial charge in [0.1, 0.15) is 5.51 Å². The van der Waals surface area contributed by atoms with Crippen LogP contribution in [-0.4, -0.2) is 43.7 Å². The molecule has 1 heterocycles. The maximum atomic E-state index is 5.30. The van der Waals surface area contributed by atoms with Crippen LogP contribution in [0.15, 0.2) is 5.51 Å². The van der Waals surface area contributed by atoms with E-state index < -0.39 is 0 Å². The van der Waals surface area contributed by atoms with Crippen LogP contribution >= 0.6 is 11.3 Å². The summed E-state index contributed by atoms with van der Waals surface area (Å²) in [4.78, 5) is 0. The molecule has 5 nitrogen and oxygen atoms in total. The predicted molar refractivity (Wildman–Crippen MR) is 55.7 cm³/mol. The highest BCUT2D eigenvalue weighted by molar-refractivity contribution is 7.13. The largest absolute Gasteiger partial charge is 0.382 e. The van der Waals surface area contributed by atoms with Gasteiger partial charge >= 0.3 is 0 Å². The molecule has 0 saturated heterocycles. The quantitative estimate of drug-likeness (QED) is 0.658. The first-order chi connectivity index (χ1) is 6.93. The monoisotopic (exact) mass is 217 g/mol. The van der Waals surface area contributed by atoms with Crippen molar-refractivity contribution in [3.8, 4) is 0 Å². The number of nitrogens with one attached hydrogen (secondary N) is 1. The highest BCUT2D eigenvalue weighted by Gasteiger charge is 1.94. The van der Waals surface area contributed by atoms with Crippen LogP contribution in [0, 0.1) is 0 Å². The molecule has 1 aromatic heterocycles. The van der Waals surface area contributed by atoms with Gasteiger partial charge in [0.2, 0.25) is 5.13 Å². The Hall–Kier alpha value is -0.720. The van der Waals surface area contributed by atoms with Crippen molar-refractivity contribution in [3.05, 3.63) is 5.51 Å². The molecule has 0 aliphatic rings. The van der Waals surface area contributed by atoms with E-state index in [2.05, 4.69) is 15.5 Å². The highest BCUT2D eigenvalue weighted by Crippen LogP contribution is 2.06. The summed E-state index contributed by atoms with van der Waals surface area (Å²) in [6.45, 7) is 2.93. The first-order valence-electron chi connectivity index (χ1n) is 4.50. The number of ether oxygens (including phenoxy) is 2. The molecule has 0 radical (unpaired) electrons. The molecular formula is C8H15N3O2S. The average molecular weight is 217 g/mol. The van der Waals surface area contributed by atoms with Gasteiger partial charge in [-0.25, -0.2) is 0 Å². The number of nitrogens with zero attached hydrogens (tertiary/aromatic N) is 2. The van der Waals surface area contributed by atoms with Crippen molar-refractivity contribution in [2.24, 2.45) is 0 Å². The molecule has 0 bridgehead atoms. The normalized spacial score (nSPS) is 10.4. The van der Waals surface area contributed by atoms with Gasteiger partial charge in [-0.2, -0.15) is 0 Å². The summed E-state index contributed by atoms with van der Waals surface area (Å²) in [5, 5.41) is 11.6. The van der Waals surface area contributed by atoms with Crippen molar-refractivity contribution in [2.45, 2.75) is 6.42 Å². The van der Waals surface area contributed by atoms with Crippen molar-refractivity contribution in [1.29, 1.82) is 0 Å². The zero-order chi connectivity index (χ0) is 10.1. The van der Waals surface area contributed by atoms with E-state index in [1.165, 1.54) is 11.3 Å². The third-order valence-electron chi connectivity index (χ3n) is 1.53. The summed E-state index contributed by atoms with van der Waals surface area (Å²) >= 11 is 1.50. The molecule has 80 valence electrons. The molecule has 0 spiro atoms. The van der Waals surface area contributed by atoms with E-state index >= 15 is 0 Å². The molecule has 14 heavy (non-hydrogen) atoms. The Morgan fingerprint density at radius 2 is 2.36 bits per heavy atom. The van der Waals surface area contributed by atoms with Gasteiger partial charge in [-0.05, 0) is 6.42 Å². The van der Waals surface area contributed by atoms with Crippen molar-refractivity contribution in [1.82, 2.24) is 10.2 Å². The van der Waals surface area contributed by atoms with Crippen LogP contribution in [0.25, 0.3) is 0 Å². The number of hydrogen-bond donors (Lipinski definition) is 1. The van der Waals surface area contributed by atoms with E-state index in [1.807, 2.05) is 0 Å². The Balaban J connectivity index is 1.85. The van der Waals surface area contributed by atoms with Gasteiger partial charge in [-0.3, -0.25) is 0 Å². The Kier molecular flexibility index (Phi) is 6.21. The van der Waals surface area contributed by atoms with E-state index in [-0.39, 0.29) is 0 Å². The second-order valence-electron chi connectivity index (χ2n) is 2.63. The number of methoxy groups -OCH3 is 1. The summed E-state index contributed by atoms with van der Waals surface area (Å²) in [6, 6.07) is 0. The molecule has 0 aromatic carbocycles. The fourth-order valence-corrected chi connectivity index (χ4v) is 1.34. The second kappa shape index (κ2) is 7.66. The molecule has 6 heteroatoms. The smallest absolute Gasteiger partial charge is 0.205 e. The van der Waals surface area contributed by atoms with Gasteiger partial charge in [-0.1, -0.05) is 11.3 Å². The van der Waals surface area contributed by atoms with Crippen LogP contribution in [0.3, 0.4) is 0 Å². The first kappa shape index (κ1) is 11.4. The van der Waals surface area contributed by atoms with Gasteiger partial charge in [-0.15, -0.1) is 10.2 Å². The fraction of sp³-hybridized carbons (Fsp3) is 0.750. The van der Waals surface area contributed by atoms with Crippen LogP contribution in [-0.2, 0) is 9.47 Å². The third-order valence-corrected chi connectivity index (χ3v) is 2.18. The lowest BCUT2D eigenvalue weighted by molar-refractivity contribution is 0.0705. The van der Waals surface area contributed by atoms with E-state index in [1.54, 1.807) is 12.6 Å². The van der Waals surface area contributed by atoms with E-state index in [4.69, 9.17) is 9.47 Å². The van der Waals surface area contributed by atoms with Crippen molar-refractivity contribution in [2.75, 3.05) is 38.8 Å². The van der Waals surface area contributed by atoms with Crippen molar-refractivity contribution >= 4 is 16.5 Å². The number of anilines is 1. The summed E-state index contributed by atoms with van der Waals surface area (Å²) in [5.41, 5.74) is 1.71. The van der Waals surface area contributed by atoms with Gasteiger partial charge in [0.05, 0.1) is 13.2 Å². The minimum atomic E-state index is 0.657. The Bertz CT molecular complexity index is 218. The molecule has 0 saturated carbocycles. The summed E-state index contributed by atoms with van der Waals surface area (Å²) in [7, 11) is 1.67. The van der Waals surface area contributed by atoms with Gasteiger partial charge < -0.3 is 14.8 Å². The molecule has 0 atom stereocenters. The van der Waals surface area contributed by atoms with E-state index in [0.717, 1.165) is 24.7 Å². The molecule has 1 rings (SSSR count). The van der Waals surface area contributed by atoms with Crippen LogP contribution in [0.5, 0.6) is 0 Å². The highest BCUT2D eigenvalue weighted by atomic mass is 32.1. The maximum Gasteiger partial charge on any atom is 0.205 e. The Labute approximate surface area is 87.4 Å². The SMILES string of the molecule is COCCOCCCNc1nncs1. The van der Waals surface area contributed by atoms with Gasteiger partial charge in [0.15, 0.2) is 0 Å². The van der Waals surface area contributed by atoms with Crippen molar-refractivity contribution in [3.63, 3.8) is 0 Å². The minimum absolute atomic E-state index is 0.657. The number of hydrogen-bond acceptors (Lipinski definition) is 6. The lowest BCUT2D eigenvalue weighted by atomic mass is 10.4. The fourth-order valence-electron chi connectivity index (χ4n) is 0.864. The number of rotatable bonds is 8. The van der Waals surface area contributed by atoms with Crippen LogP contribution in [0.1, 0.15) is 6.42 Å². The Morgan fingerprint density at radius 1 is 1.43 bits per heavy atom. The lowest BCUT2D eigenvalue weighted by Gasteiger charge is -2.03. The molecule has 0 aliphatic carbocycles. The third kappa shape index (κ3) is 5.11. The lowest BCUT2D eigenvalue weighted by Crippen LogP contribution is -2.08.